The Morgan fingerprint density at radius 2 is 2.04 bits per heavy atom. The summed E-state index contributed by atoms with van der Waals surface area (Å²) in [6.45, 7) is 15.1. The van der Waals surface area contributed by atoms with E-state index in [-0.39, 0.29) is 29.9 Å². The number of nitrogens with one attached hydrogen (secondary N) is 1. The first-order chi connectivity index (χ1) is 21.4. The smallest absolute Gasteiger partial charge is 0.264 e. The molecule has 0 saturated heterocycles. The topological polar surface area (TPSA) is 95.9 Å². The third-order valence-corrected chi connectivity index (χ3v) is 12.1. The lowest BCUT2D eigenvalue weighted by Gasteiger charge is -2.48. The highest BCUT2D eigenvalue weighted by atomic mass is 35.5. The van der Waals surface area contributed by atoms with Crippen molar-refractivity contribution in [2.45, 2.75) is 83.0 Å². The highest BCUT2D eigenvalue weighted by Crippen LogP contribution is 2.46. The number of hydrogen-bond acceptors (Lipinski definition) is 6. The molecule has 5 atom stereocenters. The number of halogens is 1. The molecule has 0 aromatic heterocycles. The van der Waals surface area contributed by atoms with Crippen molar-refractivity contribution < 1.29 is 23.1 Å². The largest absolute Gasteiger partial charge is 0.487 e. The fourth-order valence-electron chi connectivity index (χ4n) is 6.53. The molecule has 2 heterocycles. The second-order valence-corrected chi connectivity index (χ2v) is 15.4. The summed E-state index contributed by atoms with van der Waals surface area (Å²) in [4.78, 5) is 15.6. The maximum Gasteiger partial charge on any atom is 0.264 e. The Labute approximate surface area is 274 Å². The summed E-state index contributed by atoms with van der Waals surface area (Å²) in [7, 11) is -3.96. The summed E-state index contributed by atoms with van der Waals surface area (Å²) in [5.41, 5.74) is 1.83. The van der Waals surface area contributed by atoms with Gasteiger partial charge < -0.3 is 14.7 Å². The number of amides is 1. The van der Waals surface area contributed by atoms with Crippen LogP contribution in [0.1, 0.15) is 82.5 Å². The van der Waals surface area contributed by atoms with Gasteiger partial charge in [0.15, 0.2) is 0 Å². The average molecular weight is 657 g/mol. The SMILES string of the molecule is C=CCC[C@]1(O)/C=C/C[C@H](C)[C@@H](C)S(=O)(=O)NC(=O)c2ccc3c(c2)N(CCCC/C(=C/C(Cl)=C\C)C(=C)CO3)C[C@@H]2CC[C@H]21. The molecule has 7 nitrogen and oxygen atoms in total. The van der Waals surface area contributed by atoms with Gasteiger partial charge in [0, 0.05) is 23.7 Å². The van der Waals surface area contributed by atoms with Gasteiger partial charge in [-0.25, -0.2) is 13.1 Å². The molecule has 1 saturated carbocycles. The minimum absolute atomic E-state index is 0.0457. The molecule has 45 heavy (non-hydrogen) atoms. The van der Waals surface area contributed by atoms with Gasteiger partial charge in [0.05, 0.1) is 16.5 Å². The molecule has 1 aliphatic carbocycles. The Bertz CT molecular complexity index is 1470. The van der Waals surface area contributed by atoms with Crippen molar-refractivity contribution >= 4 is 33.2 Å². The highest BCUT2D eigenvalue weighted by Gasteiger charge is 2.45. The van der Waals surface area contributed by atoms with E-state index in [9.17, 15) is 18.3 Å². The fraction of sp³-hybridized carbons (Fsp3) is 0.528. The number of benzene rings is 1. The molecule has 0 radical (unpaired) electrons. The van der Waals surface area contributed by atoms with Crippen molar-refractivity contribution in [2.75, 3.05) is 24.6 Å². The molecule has 246 valence electrons. The van der Waals surface area contributed by atoms with Crippen LogP contribution in [0.25, 0.3) is 0 Å². The number of sulfonamides is 1. The second-order valence-electron chi connectivity index (χ2n) is 12.9. The highest BCUT2D eigenvalue weighted by molar-refractivity contribution is 7.90. The summed E-state index contributed by atoms with van der Waals surface area (Å²) < 4.78 is 35.3. The van der Waals surface area contributed by atoms with E-state index in [0.717, 1.165) is 48.9 Å². The number of carbonyl (C=O) groups excluding carboxylic acids is 1. The van der Waals surface area contributed by atoms with Crippen LogP contribution in [-0.4, -0.2) is 50.0 Å². The molecule has 1 aromatic carbocycles. The van der Waals surface area contributed by atoms with E-state index >= 15 is 0 Å². The Balaban J connectivity index is 1.78. The zero-order chi connectivity index (χ0) is 32.8. The van der Waals surface area contributed by atoms with Gasteiger partial charge in [0.2, 0.25) is 10.0 Å². The number of fused-ring (bicyclic) bond motifs is 2. The Morgan fingerprint density at radius 1 is 1.27 bits per heavy atom. The minimum Gasteiger partial charge on any atom is -0.487 e. The van der Waals surface area contributed by atoms with Crippen LogP contribution in [0.15, 0.2) is 77.9 Å². The second kappa shape index (κ2) is 15.2. The minimum atomic E-state index is -3.96. The van der Waals surface area contributed by atoms with E-state index < -0.39 is 26.8 Å². The van der Waals surface area contributed by atoms with Gasteiger partial charge in [0.1, 0.15) is 12.4 Å². The van der Waals surface area contributed by atoms with E-state index in [1.807, 2.05) is 44.2 Å². The van der Waals surface area contributed by atoms with Gasteiger partial charge in [0.25, 0.3) is 5.91 Å². The van der Waals surface area contributed by atoms with Crippen LogP contribution in [0.3, 0.4) is 0 Å². The predicted octanol–water partition coefficient (Wildman–Crippen LogP) is 7.45. The van der Waals surface area contributed by atoms with Crippen LogP contribution in [0, 0.1) is 17.8 Å². The van der Waals surface area contributed by atoms with Crippen LogP contribution in [0.2, 0.25) is 0 Å². The number of anilines is 1. The molecule has 2 N–H and O–H groups in total. The zero-order valence-electron chi connectivity index (χ0n) is 26.9. The molecule has 9 heteroatoms. The van der Waals surface area contributed by atoms with Gasteiger partial charge in [-0.3, -0.25) is 4.79 Å². The fourth-order valence-corrected chi connectivity index (χ4v) is 7.95. The predicted molar refractivity (Wildman–Crippen MR) is 184 cm³/mol. The summed E-state index contributed by atoms with van der Waals surface area (Å²) >= 11 is 6.36. The van der Waals surface area contributed by atoms with Crippen LogP contribution >= 0.6 is 11.6 Å². The van der Waals surface area contributed by atoms with Crippen molar-refractivity contribution in [3.05, 3.63) is 83.5 Å². The molecule has 1 fully saturated rings. The van der Waals surface area contributed by atoms with Crippen molar-refractivity contribution in [3.8, 4) is 5.75 Å². The normalized spacial score (nSPS) is 31.4. The first-order valence-electron chi connectivity index (χ1n) is 16.2. The Hall–Kier alpha value is -2.81. The monoisotopic (exact) mass is 656 g/mol. The molecule has 2 aliphatic heterocycles. The lowest BCUT2D eigenvalue weighted by molar-refractivity contribution is -0.0498. The number of allylic oxidation sites excluding steroid dienone is 5. The number of nitrogens with zero attached hydrogens (tertiary/aromatic N) is 1. The lowest BCUT2D eigenvalue weighted by atomic mass is 9.63. The maximum absolute atomic E-state index is 13.4. The van der Waals surface area contributed by atoms with Gasteiger partial charge in [-0.1, -0.05) is 49.4 Å². The van der Waals surface area contributed by atoms with E-state index in [4.69, 9.17) is 16.3 Å². The van der Waals surface area contributed by atoms with Gasteiger partial charge in [-0.2, -0.15) is 0 Å². The average Bonchev–Trinajstić information content (AvgIpc) is 3.01. The first-order valence-corrected chi connectivity index (χ1v) is 18.1. The van der Waals surface area contributed by atoms with Gasteiger partial charge in [-0.15, -0.1) is 6.58 Å². The lowest BCUT2D eigenvalue weighted by Crippen LogP contribution is -2.50. The number of carbonyl (C=O) groups is 1. The summed E-state index contributed by atoms with van der Waals surface area (Å²) in [5.74, 6) is -0.0707. The molecular formula is C36H49ClN2O5S. The zero-order valence-corrected chi connectivity index (χ0v) is 28.5. The number of ether oxygens (including phenoxy) is 1. The molecule has 3 aliphatic rings. The molecule has 4 rings (SSSR count). The van der Waals surface area contributed by atoms with Crippen molar-refractivity contribution in [1.82, 2.24) is 4.72 Å². The van der Waals surface area contributed by atoms with E-state index in [1.165, 1.54) is 0 Å². The Morgan fingerprint density at radius 3 is 2.73 bits per heavy atom. The third-order valence-electron chi connectivity index (χ3n) is 9.83. The number of rotatable bonds is 4. The Kier molecular flexibility index (Phi) is 11.8. The molecule has 1 amide bonds. The van der Waals surface area contributed by atoms with Crippen molar-refractivity contribution in [3.63, 3.8) is 0 Å². The molecule has 0 spiro atoms. The van der Waals surface area contributed by atoms with E-state index in [2.05, 4.69) is 22.8 Å². The maximum atomic E-state index is 13.4. The number of aliphatic hydroxyl groups is 1. The van der Waals surface area contributed by atoms with Crippen molar-refractivity contribution in [1.29, 1.82) is 0 Å². The van der Waals surface area contributed by atoms with Crippen LogP contribution in [-0.2, 0) is 10.0 Å². The van der Waals surface area contributed by atoms with Gasteiger partial charge >= 0.3 is 0 Å². The molecular weight excluding hydrogens is 608 g/mol. The van der Waals surface area contributed by atoms with Crippen molar-refractivity contribution in [2.24, 2.45) is 17.8 Å². The molecule has 1 aromatic rings. The third kappa shape index (κ3) is 8.52. The van der Waals surface area contributed by atoms with Crippen LogP contribution < -0.4 is 14.4 Å². The first kappa shape index (κ1) is 35.1. The summed E-state index contributed by atoms with van der Waals surface area (Å²) in [6, 6.07) is 5.09. The summed E-state index contributed by atoms with van der Waals surface area (Å²) in [5, 5.41) is 11.9. The standard InChI is InChI=1S/C36H49ClN2O5S/c1-6-8-18-36(41)19-11-12-25(3)27(5)45(42,43)38-35(40)29-15-17-34-33(22-29)39(23-30-14-16-32(30)36)20-10-9-13-28(21-31(37)7-2)26(4)24-44-34/h6-7,11,15,17,19,21-22,25,27,30,32,41H,1,4,8-10,12-14,16,18,20,23-24H2,2-3,5H3,(H,38,40)/b19-11+,28-21-,31-7+/t25-,27+,30-,32+,36-/m0/s1. The van der Waals surface area contributed by atoms with E-state index in [1.54, 1.807) is 25.1 Å². The quantitative estimate of drug-likeness (QED) is 0.327. The van der Waals surface area contributed by atoms with E-state index in [0.29, 0.717) is 43.1 Å². The van der Waals surface area contributed by atoms with Gasteiger partial charge in [-0.05, 0) is 118 Å². The molecule has 0 unspecified atom stereocenters. The number of hydrogen-bond donors (Lipinski definition) is 2. The van der Waals surface area contributed by atoms with Crippen LogP contribution in [0.4, 0.5) is 5.69 Å². The van der Waals surface area contributed by atoms with Crippen LogP contribution in [0.5, 0.6) is 5.75 Å². The summed E-state index contributed by atoms with van der Waals surface area (Å²) in [6.07, 6.45) is 15.6. The molecule has 2 bridgehead atoms.